The highest BCUT2D eigenvalue weighted by Crippen LogP contribution is 2.28. The van der Waals surface area contributed by atoms with E-state index in [1.54, 1.807) is 23.1 Å². The Hall–Kier alpha value is -1.56. The van der Waals surface area contributed by atoms with Crippen LogP contribution in [0.1, 0.15) is 30.6 Å². The van der Waals surface area contributed by atoms with Crippen molar-refractivity contribution >= 4 is 27.8 Å². The fraction of sp³-hybridized carbons (Fsp3) is 0.467. The Labute approximate surface area is 132 Å². The number of nitrogens with zero attached hydrogens (tertiary/aromatic N) is 1. The van der Waals surface area contributed by atoms with Crippen molar-refractivity contribution in [3.63, 3.8) is 0 Å². The second-order valence-corrected chi connectivity index (χ2v) is 6.30. The summed E-state index contributed by atoms with van der Waals surface area (Å²) < 4.78 is 6.52. The van der Waals surface area contributed by atoms with E-state index in [2.05, 4.69) is 15.9 Å². The summed E-state index contributed by atoms with van der Waals surface area (Å²) in [5.41, 5.74) is 0.470. The van der Waals surface area contributed by atoms with Gasteiger partial charge in [0.05, 0.1) is 17.6 Å². The van der Waals surface area contributed by atoms with Crippen LogP contribution < -0.4 is 4.74 Å². The maximum atomic E-state index is 12.6. The van der Waals surface area contributed by atoms with Crippen molar-refractivity contribution in [1.29, 1.82) is 0 Å². The maximum absolute atomic E-state index is 12.6. The highest BCUT2D eigenvalue weighted by Gasteiger charge is 2.32. The molecule has 1 fully saturated rings. The van der Waals surface area contributed by atoms with Gasteiger partial charge in [0.1, 0.15) is 5.75 Å². The number of carbonyl (C=O) groups excluding carboxylic acids is 1. The molecular weight excluding hydrogens is 338 g/mol. The molecule has 1 N–H and O–H groups in total. The molecule has 0 unspecified atom stereocenters. The van der Waals surface area contributed by atoms with Crippen molar-refractivity contribution in [3.8, 4) is 5.75 Å². The van der Waals surface area contributed by atoms with Crippen LogP contribution in [0.5, 0.6) is 5.75 Å². The molecular formula is C15H18BrNO4. The van der Waals surface area contributed by atoms with E-state index in [4.69, 9.17) is 9.84 Å². The Bertz CT molecular complexity index is 559. The van der Waals surface area contributed by atoms with E-state index in [1.165, 1.54) is 0 Å². The SMILES string of the molecule is CC(C)Oc1cc(Br)ccc1C(=O)N1CC[C@@H](C(=O)O)C1. The molecule has 0 aromatic heterocycles. The van der Waals surface area contributed by atoms with E-state index in [9.17, 15) is 9.59 Å². The van der Waals surface area contributed by atoms with Gasteiger partial charge in [-0.05, 0) is 38.5 Å². The minimum absolute atomic E-state index is 0.0452. The van der Waals surface area contributed by atoms with Crippen LogP contribution in [-0.4, -0.2) is 41.1 Å². The Morgan fingerprint density at radius 2 is 2.14 bits per heavy atom. The third-order valence-corrected chi connectivity index (χ3v) is 3.85. The number of rotatable bonds is 4. The summed E-state index contributed by atoms with van der Waals surface area (Å²) in [4.78, 5) is 25.1. The van der Waals surface area contributed by atoms with Gasteiger partial charge in [0.15, 0.2) is 0 Å². The Morgan fingerprint density at radius 3 is 2.71 bits per heavy atom. The van der Waals surface area contributed by atoms with Crippen molar-refractivity contribution < 1.29 is 19.4 Å². The number of likely N-dealkylation sites (tertiary alicyclic amines) is 1. The smallest absolute Gasteiger partial charge is 0.308 e. The third-order valence-electron chi connectivity index (χ3n) is 3.36. The first-order valence-electron chi connectivity index (χ1n) is 6.86. The van der Waals surface area contributed by atoms with E-state index in [-0.39, 0.29) is 18.6 Å². The number of carboxylic acids is 1. The zero-order valence-electron chi connectivity index (χ0n) is 12.0. The summed E-state index contributed by atoms with van der Waals surface area (Å²) >= 11 is 3.36. The number of amides is 1. The first kappa shape index (κ1) is 15.8. The molecule has 0 radical (unpaired) electrons. The minimum Gasteiger partial charge on any atom is -0.490 e. The van der Waals surface area contributed by atoms with Crippen molar-refractivity contribution in [3.05, 3.63) is 28.2 Å². The predicted molar refractivity (Wildman–Crippen MR) is 81.6 cm³/mol. The molecule has 1 atom stereocenters. The average molecular weight is 356 g/mol. The maximum Gasteiger partial charge on any atom is 0.308 e. The number of halogens is 1. The number of ether oxygens (including phenoxy) is 1. The van der Waals surface area contributed by atoms with Crippen LogP contribution in [0.25, 0.3) is 0 Å². The molecule has 0 aliphatic carbocycles. The van der Waals surface area contributed by atoms with Crippen molar-refractivity contribution in [2.75, 3.05) is 13.1 Å². The molecule has 0 saturated carbocycles. The molecule has 1 aliphatic heterocycles. The number of hydrogen-bond acceptors (Lipinski definition) is 3. The Kier molecular flexibility index (Phi) is 4.88. The summed E-state index contributed by atoms with van der Waals surface area (Å²) in [5, 5.41) is 9.02. The molecule has 21 heavy (non-hydrogen) atoms. The average Bonchev–Trinajstić information content (AvgIpc) is 2.87. The van der Waals surface area contributed by atoms with Crippen LogP contribution >= 0.6 is 15.9 Å². The van der Waals surface area contributed by atoms with E-state index in [0.717, 1.165) is 4.47 Å². The fourth-order valence-electron chi connectivity index (χ4n) is 2.34. The first-order valence-corrected chi connectivity index (χ1v) is 7.66. The number of aliphatic carboxylic acids is 1. The van der Waals surface area contributed by atoms with Gasteiger partial charge in [-0.1, -0.05) is 15.9 Å². The highest BCUT2D eigenvalue weighted by atomic mass is 79.9. The lowest BCUT2D eigenvalue weighted by molar-refractivity contribution is -0.141. The van der Waals surface area contributed by atoms with E-state index >= 15 is 0 Å². The lowest BCUT2D eigenvalue weighted by Gasteiger charge is -2.19. The Balaban J connectivity index is 2.21. The lowest BCUT2D eigenvalue weighted by atomic mass is 10.1. The monoisotopic (exact) mass is 355 g/mol. The van der Waals surface area contributed by atoms with E-state index in [1.807, 2.05) is 13.8 Å². The fourth-order valence-corrected chi connectivity index (χ4v) is 2.68. The van der Waals surface area contributed by atoms with Crippen LogP contribution in [0.15, 0.2) is 22.7 Å². The zero-order valence-corrected chi connectivity index (χ0v) is 13.6. The van der Waals surface area contributed by atoms with Gasteiger partial charge in [0.25, 0.3) is 5.91 Å². The molecule has 114 valence electrons. The van der Waals surface area contributed by atoms with Crippen molar-refractivity contribution in [2.45, 2.75) is 26.4 Å². The molecule has 1 aromatic rings. The van der Waals surface area contributed by atoms with Crippen LogP contribution in [0.2, 0.25) is 0 Å². The van der Waals surface area contributed by atoms with Gasteiger partial charge in [-0.15, -0.1) is 0 Å². The zero-order chi connectivity index (χ0) is 15.6. The van der Waals surface area contributed by atoms with Gasteiger partial charge in [-0.2, -0.15) is 0 Å². The molecule has 1 aliphatic rings. The third kappa shape index (κ3) is 3.75. The standard InChI is InChI=1S/C15H18BrNO4/c1-9(2)21-13-7-11(16)3-4-12(13)14(18)17-6-5-10(8-17)15(19)20/h3-4,7,9-10H,5-6,8H2,1-2H3,(H,19,20)/t10-/m1/s1. The molecule has 1 heterocycles. The molecule has 6 heteroatoms. The van der Waals surface area contributed by atoms with Crippen LogP contribution in [0.4, 0.5) is 0 Å². The highest BCUT2D eigenvalue weighted by molar-refractivity contribution is 9.10. The van der Waals surface area contributed by atoms with Gasteiger partial charge in [0, 0.05) is 17.6 Å². The topological polar surface area (TPSA) is 66.8 Å². The van der Waals surface area contributed by atoms with Gasteiger partial charge in [-0.3, -0.25) is 9.59 Å². The molecule has 5 nitrogen and oxygen atoms in total. The van der Waals surface area contributed by atoms with Gasteiger partial charge >= 0.3 is 5.97 Å². The quantitative estimate of drug-likeness (QED) is 0.901. The Morgan fingerprint density at radius 1 is 1.43 bits per heavy atom. The summed E-state index contributed by atoms with van der Waals surface area (Å²) in [6, 6.07) is 5.25. The van der Waals surface area contributed by atoms with E-state index < -0.39 is 11.9 Å². The second kappa shape index (κ2) is 6.47. The lowest BCUT2D eigenvalue weighted by Crippen LogP contribution is -2.30. The molecule has 1 aromatic carbocycles. The molecule has 1 amide bonds. The summed E-state index contributed by atoms with van der Waals surface area (Å²) in [5.74, 6) is -0.983. The summed E-state index contributed by atoms with van der Waals surface area (Å²) in [6.45, 7) is 4.51. The van der Waals surface area contributed by atoms with Crippen molar-refractivity contribution in [2.24, 2.45) is 5.92 Å². The number of benzene rings is 1. The second-order valence-electron chi connectivity index (χ2n) is 5.38. The number of hydrogen-bond donors (Lipinski definition) is 1. The normalized spacial score (nSPS) is 18.1. The summed E-state index contributed by atoms with van der Waals surface area (Å²) in [7, 11) is 0. The van der Waals surface area contributed by atoms with Gasteiger partial charge < -0.3 is 14.7 Å². The molecule has 0 bridgehead atoms. The van der Waals surface area contributed by atoms with Crippen LogP contribution in [0.3, 0.4) is 0 Å². The number of carboxylic acid groups (broad SMARTS) is 1. The molecule has 1 saturated heterocycles. The van der Waals surface area contributed by atoms with Crippen LogP contribution in [0, 0.1) is 5.92 Å². The minimum atomic E-state index is -0.847. The van der Waals surface area contributed by atoms with Crippen molar-refractivity contribution in [1.82, 2.24) is 4.90 Å². The van der Waals surface area contributed by atoms with E-state index in [0.29, 0.717) is 24.3 Å². The van der Waals surface area contributed by atoms with Crippen LogP contribution in [-0.2, 0) is 4.79 Å². The molecule has 0 spiro atoms. The summed E-state index contributed by atoms with van der Waals surface area (Å²) in [6.07, 6.45) is 0.453. The largest absolute Gasteiger partial charge is 0.490 e. The van der Waals surface area contributed by atoms with Gasteiger partial charge in [0.2, 0.25) is 0 Å². The molecule has 2 rings (SSSR count). The first-order chi connectivity index (χ1) is 9.88. The predicted octanol–water partition coefficient (Wildman–Crippen LogP) is 2.78. The number of carbonyl (C=O) groups is 2. The van der Waals surface area contributed by atoms with Gasteiger partial charge in [-0.25, -0.2) is 0 Å².